The number of hydrogen-bond donors (Lipinski definition) is 2. The summed E-state index contributed by atoms with van der Waals surface area (Å²) in [6.07, 6.45) is 0.746. The lowest BCUT2D eigenvalue weighted by molar-refractivity contribution is -0.125. The molecule has 23 heavy (non-hydrogen) atoms. The molecule has 1 fully saturated rings. The molecule has 0 unspecified atom stereocenters. The fourth-order valence-corrected chi connectivity index (χ4v) is 3.19. The van der Waals surface area contributed by atoms with Gasteiger partial charge in [-0.1, -0.05) is 12.1 Å². The monoisotopic (exact) mass is 328 g/mol. The van der Waals surface area contributed by atoms with Gasteiger partial charge in [0.1, 0.15) is 0 Å². The number of rotatable bonds is 5. The van der Waals surface area contributed by atoms with Crippen LogP contribution in [0.2, 0.25) is 0 Å². The summed E-state index contributed by atoms with van der Waals surface area (Å²) in [4.78, 5) is 34.8. The summed E-state index contributed by atoms with van der Waals surface area (Å²) in [7, 11) is 0. The van der Waals surface area contributed by atoms with Gasteiger partial charge in [0.05, 0.1) is 5.92 Å². The molecular weight excluding hydrogens is 312 g/mol. The topological polar surface area (TPSA) is 75.3 Å². The number of amides is 3. The number of thiophene rings is 1. The van der Waals surface area contributed by atoms with Crippen LogP contribution < -0.4 is 10.6 Å². The maximum Gasteiger partial charge on any atom is 0.251 e. The van der Waals surface area contributed by atoms with Crippen molar-refractivity contribution in [2.45, 2.75) is 19.4 Å². The molecule has 1 aliphatic rings. The molecule has 3 amide bonds. The molecule has 1 aromatic carbocycles. The van der Waals surface area contributed by atoms with Crippen LogP contribution in [0.15, 0.2) is 41.1 Å². The second-order valence-corrected chi connectivity index (χ2v) is 6.31. The van der Waals surface area contributed by atoms with Crippen LogP contribution in [0.5, 0.6) is 0 Å². The Hall–Kier alpha value is -2.47. The molecule has 0 aliphatic carbocycles. The van der Waals surface area contributed by atoms with Crippen molar-refractivity contribution in [2.75, 3.05) is 0 Å². The van der Waals surface area contributed by atoms with E-state index in [0.29, 0.717) is 18.5 Å². The average Bonchev–Trinajstić information content (AvgIpc) is 3.16. The average molecular weight is 328 g/mol. The summed E-state index contributed by atoms with van der Waals surface area (Å²) in [6, 6.07) is 9.12. The van der Waals surface area contributed by atoms with E-state index in [9.17, 15) is 14.4 Å². The zero-order valence-electron chi connectivity index (χ0n) is 12.4. The third kappa shape index (κ3) is 3.84. The minimum absolute atomic E-state index is 0.128. The van der Waals surface area contributed by atoms with Gasteiger partial charge in [0, 0.05) is 18.5 Å². The molecule has 2 N–H and O–H groups in total. The molecule has 2 heterocycles. The van der Waals surface area contributed by atoms with Gasteiger partial charge in [0.15, 0.2) is 0 Å². The highest BCUT2D eigenvalue weighted by Gasteiger charge is 2.30. The van der Waals surface area contributed by atoms with Gasteiger partial charge in [0.2, 0.25) is 11.8 Å². The first kappa shape index (κ1) is 15.4. The highest BCUT2D eigenvalue weighted by Crippen LogP contribution is 2.17. The summed E-state index contributed by atoms with van der Waals surface area (Å²) in [6.45, 7) is 0.508. The molecule has 118 valence electrons. The Balaban J connectivity index is 1.57. The zero-order valence-corrected chi connectivity index (χ0v) is 13.2. The fourth-order valence-electron chi connectivity index (χ4n) is 2.53. The molecule has 1 aromatic heterocycles. The third-order valence-corrected chi connectivity index (χ3v) is 4.53. The summed E-state index contributed by atoms with van der Waals surface area (Å²) in [5, 5.41) is 9.14. The summed E-state index contributed by atoms with van der Waals surface area (Å²) in [5.74, 6) is -0.866. The van der Waals surface area contributed by atoms with E-state index in [-0.39, 0.29) is 30.1 Å². The lowest BCUT2D eigenvalue weighted by atomic mass is 9.97. The second kappa shape index (κ2) is 6.75. The molecule has 0 bridgehead atoms. The van der Waals surface area contributed by atoms with Crippen LogP contribution in [0.25, 0.3) is 0 Å². The molecule has 2 aromatic rings. The fraction of sp³-hybridized carbons (Fsp3) is 0.235. The smallest absolute Gasteiger partial charge is 0.251 e. The Labute approximate surface area is 137 Å². The minimum Gasteiger partial charge on any atom is -0.348 e. The Morgan fingerprint density at radius 2 is 1.96 bits per heavy atom. The van der Waals surface area contributed by atoms with Crippen LogP contribution in [-0.2, 0) is 22.6 Å². The number of imide groups is 1. The predicted octanol–water partition coefficient (Wildman–Crippen LogP) is 1.88. The van der Waals surface area contributed by atoms with Crippen molar-refractivity contribution >= 4 is 29.1 Å². The highest BCUT2D eigenvalue weighted by atomic mass is 32.1. The van der Waals surface area contributed by atoms with E-state index in [1.54, 1.807) is 23.5 Å². The molecule has 0 spiro atoms. The van der Waals surface area contributed by atoms with Gasteiger partial charge in [-0.3, -0.25) is 19.7 Å². The van der Waals surface area contributed by atoms with E-state index in [1.165, 1.54) is 0 Å². The van der Waals surface area contributed by atoms with Crippen LogP contribution in [0, 0.1) is 5.92 Å². The number of hydrogen-bond acceptors (Lipinski definition) is 4. The molecule has 1 atom stereocenters. The Kier molecular flexibility index (Phi) is 4.52. The Morgan fingerprint density at radius 3 is 2.57 bits per heavy atom. The van der Waals surface area contributed by atoms with Gasteiger partial charge in [-0.15, -0.1) is 0 Å². The van der Waals surface area contributed by atoms with Crippen molar-refractivity contribution in [1.29, 1.82) is 0 Å². The lowest BCUT2D eigenvalue weighted by Crippen LogP contribution is -2.23. The first-order valence-electron chi connectivity index (χ1n) is 7.34. The van der Waals surface area contributed by atoms with Crippen molar-refractivity contribution in [1.82, 2.24) is 10.6 Å². The second-order valence-electron chi connectivity index (χ2n) is 5.53. The maximum atomic E-state index is 12.1. The van der Waals surface area contributed by atoms with Crippen molar-refractivity contribution < 1.29 is 14.4 Å². The van der Waals surface area contributed by atoms with Gasteiger partial charge in [-0.05, 0) is 46.5 Å². The third-order valence-electron chi connectivity index (χ3n) is 3.80. The Bertz CT molecular complexity index is 723. The van der Waals surface area contributed by atoms with E-state index in [4.69, 9.17) is 0 Å². The predicted molar refractivity (Wildman–Crippen MR) is 86.9 cm³/mol. The summed E-state index contributed by atoms with van der Waals surface area (Å²) < 4.78 is 0. The molecule has 0 saturated carbocycles. The largest absolute Gasteiger partial charge is 0.348 e. The SMILES string of the molecule is O=C1C[C@H](Cc2ccc(C(=O)NCc3ccsc3)cc2)C(=O)N1. The van der Waals surface area contributed by atoms with Crippen LogP contribution in [0.3, 0.4) is 0 Å². The van der Waals surface area contributed by atoms with E-state index < -0.39 is 0 Å². The van der Waals surface area contributed by atoms with Crippen LogP contribution in [0.4, 0.5) is 0 Å². The van der Waals surface area contributed by atoms with Crippen molar-refractivity contribution in [3.63, 3.8) is 0 Å². The van der Waals surface area contributed by atoms with Crippen LogP contribution in [0.1, 0.15) is 27.9 Å². The molecule has 5 nitrogen and oxygen atoms in total. The van der Waals surface area contributed by atoms with E-state index in [0.717, 1.165) is 11.1 Å². The van der Waals surface area contributed by atoms with Gasteiger partial charge in [-0.2, -0.15) is 11.3 Å². The molecule has 1 aliphatic heterocycles. The van der Waals surface area contributed by atoms with Gasteiger partial charge < -0.3 is 5.32 Å². The number of nitrogens with one attached hydrogen (secondary N) is 2. The van der Waals surface area contributed by atoms with Crippen molar-refractivity contribution in [3.8, 4) is 0 Å². The number of carbonyl (C=O) groups is 3. The lowest BCUT2D eigenvalue weighted by Gasteiger charge is -2.08. The van der Waals surface area contributed by atoms with Crippen LogP contribution >= 0.6 is 11.3 Å². The maximum absolute atomic E-state index is 12.1. The number of benzene rings is 1. The standard InChI is InChI=1S/C17H16N2O3S/c20-15-8-14(17(22)19-15)7-11-1-3-13(4-2-11)16(21)18-9-12-5-6-23-10-12/h1-6,10,14H,7-9H2,(H,18,21)(H,19,20,22)/t14-/m0/s1. The summed E-state index contributed by atoms with van der Waals surface area (Å²) >= 11 is 1.60. The van der Waals surface area contributed by atoms with E-state index in [1.807, 2.05) is 29.0 Å². The normalized spacial score (nSPS) is 17.1. The molecule has 0 radical (unpaired) electrons. The summed E-state index contributed by atoms with van der Waals surface area (Å²) in [5.41, 5.74) is 2.60. The van der Waals surface area contributed by atoms with E-state index >= 15 is 0 Å². The Morgan fingerprint density at radius 1 is 1.17 bits per heavy atom. The first-order valence-corrected chi connectivity index (χ1v) is 8.28. The quantitative estimate of drug-likeness (QED) is 0.823. The minimum atomic E-state index is -0.305. The van der Waals surface area contributed by atoms with Crippen LogP contribution in [-0.4, -0.2) is 17.7 Å². The van der Waals surface area contributed by atoms with Gasteiger partial charge in [-0.25, -0.2) is 0 Å². The molecule has 6 heteroatoms. The molecular formula is C17H16N2O3S. The van der Waals surface area contributed by atoms with Gasteiger partial charge in [0.25, 0.3) is 5.91 Å². The van der Waals surface area contributed by atoms with E-state index in [2.05, 4.69) is 10.6 Å². The zero-order chi connectivity index (χ0) is 16.2. The first-order chi connectivity index (χ1) is 11.1. The van der Waals surface area contributed by atoms with Gasteiger partial charge >= 0.3 is 0 Å². The van der Waals surface area contributed by atoms with Crippen molar-refractivity contribution in [3.05, 3.63) is 57.8 Å². The highest BCUT2D eigenvalue weighted by molar-refractivity contribution is 7.07. The molecule has 3 rings (SSSR count). The number of carbonyl (C=O) groups excluding carboxylic acids is 3. The van der Waals surface area contributed by atoms with Crippen molar-refractivity contribution in [2.24, 2.45) is 5.92 Å². The molecule has 1 saturated heterocycles.